The number of halogens is 1. The minimum atomic E-state index is 0.472. The zero-order chi connectivity index (χ0) is 10.7. The van der Waals surface area contributed by atoms with E-state index in [9.17, 15) is 0 Å². The van der Waals surface area contributed by atoms with Crippen molar-refractivity contribution in [3.8, 4) is 0 Å². The van der Waals surface area contributed by atoms with Crippen LogP contribution in [0.25, 0.3) is 0 Å². The van der Waals surface area contributed by atoms with Crippen molar-refractivity contribution in [1.82, 2.24) is 5.32 Å². The van der Waals surface area contributed by atoms with Gasteiger partial charge in [-0.05, 0) is 29.9 Å². The summed E-state index contributed by atoms with van der Waals surface area (Å²) < 4.78 is 0. The third kappa shape index (κ3) is 2.35. The summed E-state index contributed by atoms with van der Waals surface area (Å²) in [5, 5.41) is 4.30. The average Bonchev–Trinajstić information content (AvgIpc) is 2.18. The van der Waals surface area contributed by atoms with Crippen molar-refractivity contribution in [3.05, 3.63) is 34.9 Å². The van der Waals surface area contributed by atoms with Gasteiger partial charge < -0.3 is 5.32 Å². The first-order valence-electron chi connectivity index (χ1n) is 5.70. The summed E-state index contributed by atoms with van der Waals surface area (Å²) in [4.78, 5) is 0. The predicted octanol–water partition coefficient (Wildman–Crippen LogP) is 3.27. The van der Waals surface area contributed by atoms with Crippen LogP contribution in [0.2, 0.25) is 5.02 Å². The fraction of sp³-hybridized carbons (Fsp3) is 0.538. The number of rotatable bonds is 4. The van der Waals surface area contributed by atoms with Gasteiger partial charge in [0, 0.05) is 18.1 Å². The van der Waals surface area contributed by atoms with Gasteiger partial charge in [0.1, 0.15) is 0 Å². The van der Waals surface area contributed by atoms with Crippen LogP contribution in [0.1, 0.15) is 25.3 Å². The van der Waals surface area contributed by atoms with Gasteiger partial charge in [-0.25, -0.2) is 0 Å². The maximum Gasteiger partial charge on any atom is 0.0438 e. The zero-order valence-electron chi connectivity index (χ0n) is 9.22. The molecule has 1 saturated heterocycles. The van der Waals surface area contributed by atoms with E-state index >= 15 is 0 Å². The van der Waals surface area contributed by atoms with Gasteiger partial charge in [0.25, 0.3) is 0 Å². The van der Waals surface area contributed by atoms with Crippen molar-refractivity contribution >= 4 is 11.6 Å². The van der Waals surface area contributed by atoms with Gasteiger partial charge in [-0.1, -0.05) is 43.1 Å². The Hall–Kier alpha value is -0.530. The molecule has 2 rings (SSSR count). The van der Waals surface area contributed by atoms with E-state index in [-0.39, 0.29) is 0 Å². The lowest BCUT2D eigenvalue weighted by atomic mass is 9.73. The predicted molar refractivity (Wildman–Crippen MR) is 65.4 cm³/mol. The number of hydrogen-bond donors (Lipinski definition) is 1. The van der Waals surface area contributed by atoms with E-state index in [4.69, 9.17) is 11.6 Å². The highest BCUT2D eigenvalue weighted by molar-refractivity contribution is 6.31. The van der Waals surface area contributed by atoms with Crippen LogP contribution in [0.5, 0.6) is 0 Å². The quantitative estimate of drug-likeness (QED) is 0.826. The van der Waals surface area contributed by atoms with Crippen molar-refractivity contribution in [2.45, 2.75) is 26.2 Å². The summed E-state index contributed by atoms with van der Waals surface area (Å²) >= 11 is 6.19. The first-order chi connectivity index (χ1) is 7.26. The van der Waals surface area contributed by atoms with E-state index in [1.807, 2.05) is 12.1 Å². The molecular weight excluding hydrogens is 206 g/mol. The molecule has 15 heavy (non-hydrogen) atoms. The summed E-state index contributed by atoms with van der Waals surface area (Å²) in [5.41, 5.74) is 1.77. The fourth-order valence-corrected chi connectivity index (χ4v) is 2.65. The molecule has 2 heteroatoms. The maximum absolute atomic E-state index is 6.19. The molecule has 0 spiro atoms. The van der Waals surface area contributed by atoms with Crippen LogP contribution in [0, 0.1) is 5.41 Å². The Morgan fingerprint density at radius 2 is 2.07 bits per heavy atom. The molecule has 1 aliphatic heterocycles. The molecule has 1 aliphatic rings. The lowest BCUT2D eigenvalue weighted by Crippen LogP contribution is -2.54. The van der Waals surface area contributed by atoms with E-state index in [0.717, 1.165) is 24.5 Å². The van der Waals surface area contributed by atoms with Crippen molar-refractivity contribution in [2.24, 2.45) is 5.41 Å². The smallest absolute Gasteiger partial charge is 0.0438 e. The highest BCUT2D eigenvalue weighted by Gasteiger charge is 2.36. The van der Waals surface area contributed by atoms with E-state index in [1.54, 1.807) is 0 Å². The van der Waals surface area contributed by atoms with E-state index in [2.05, 4.69) is 24.4 Å². The second kappa shape index (κ2) is 4.54. The van der Waals surface area contributed by atoms with Gasteiger partial charge in [0.2, 0.25) is 0 Å². The summed E-state index contributed by atoms with van der Waals surface area (Å²) in [6, 6.07) is 8.21. The maximum atomic E-state index is 6.19. The van der Waals surface area contributed by atoms with Crippen LogP contribution in [-0.4, -0.2) is 13.1 Å². The molecule has 0 saturated carbocycles. The minimum absolute atomic E-state index is 0.472. The topological polar surface area (TPSA) is 12.0 Å². The highest BCUT2D eigenvalue weighted by Crippen LogP contribution is 2.34. The Morgan fingerprint density at radius 1 is 1.33 bits per heavy atom. The normalized spacial score (nSPS) is 18.5. The van der Waals surface area contributed by atoms with E-state index in [0.29, 0.717) is 5.41 Å². The van der Waals surface area contributed by atoms with Gasteiger partial charge >= 0.3 is 0 Å². The molecule has 0 atom stereocenters. The number of nitrogens with one attached hydrogen (secondary N) is 1. The third-order valence-corrected chi connectivity index (χ3v) is 3.67. The Kier molecular flexibility index (Phi) is 3.32. The Balaban J connectivity index is 2.10. The summed E-state index contributed by atoms with van der Waals surface area (Å²) in [5.74, 6) is 0. The molecule has 0 aromatic heterocycles. The first-order valence-corrected chi connectivity index (χ1v) is 6.08. The molecule has 0 unspecified atom stereocenters. The summed E-state index contributed by atoms with van der Waals surface area (Å²) in [6.07, 6.45) is 3.67. The lowest BCUT2D eigenvalue weighted by Gasteiger charge is -2.43. The standard InChI is InChI=1S/C13H18ClN/c1-2-7-13(9-15-10-13)8-11-5-3-4-6-12(11)14/h3-6,15H,2,7-10H2,1H3. The van der Waals surface area contributed by atoms with Crippen molar-refractivity contribution in [2.75, 3.05) is 13.1 Å². The van der Waals surface area contributed by atoms with E-state index < -0.39 is 0 Å². The largest absolute Gasteiger partial charge is 0.316 e. The van der Waals surface area contributed by atoms with Crippen LogP contribution in [0.15, 0.2) is 24.3 Å². The average molecular weight is 224 g/mol. The van der Waals surface area contributed by atoms with Crippen molar-refractivity contribution in [3.63, 3.8) is 0 Å². The molecule has 1 aromatic rings. The van der Waals surface area contributed by atoms with Crippen molar-refractivity contribution in [1.29, 1.82) is 0 Å². The van der Waals surface area contributed by atoms with Gasteiger partial charge in [-0.3, -0.25) is 0 Å². The highest BCUT2D eigenvalue weighted by atomic mass is 35.5. The molecule has 82 valence electrons. The first kappa shape index (κ1) is 11.0. The molecule has 1 heterocycles. The molecular formula is C13H18ClN. The van der Waals surface area contributed by atoms with Crippen LogP contribution < -0.4 is 5.32 Å². The van der Waals surface area contributed by atoms with Gasteiger partial charge in [0.05, 0.1) is 0 Å². The molecule has 0 amide bonds. The molecule has 1 nitrogen and oxygen atoms in total. The molecule has 0 bridgehead atoms. The van der Waals surface area contributed by atoms with Crippen LogP contribution in [0.4, 0.5) is 0 Å². The van der Waals surface area contributed by atoms with Gasteiger partial charge in [0.15, 0.2) is 0 Å². The third-order valence-electron chi connectivity index (χ3n) is 3.30. The number of benzene rings is 1. The lowest BCUT2D eigenvalue weighted by molar-refractivity contribution is 0.151. The van der Waals surface area contributed by atoms with Gasteiger partial charge in [-0.15, -0.1) is 0 Å². The second-order valence-electron chi connectivity index (χ2n) is 4.62. The number of hydrogen-bond acceptors (Lipinski definition) is 1. The Morgan fingerprint density at radius 3 is 2.60 bits per heavy atom. The zero-order valence-corrected chi connectivity index (χ0v) is 9.98. The molecule has 1 N–H and O–H groups in total. The van der Waals surface area contributed by atoms with Gasteiger partial charge in [-0.2, -0.15) is 0 Å². The Bertz CT molecular complexity index is 331. The summed E-state index contributed by atoms with van der Waals surface area (Å²) in [7, 11) is 0. The second-order valence-corrected chi connectivity index (χ2v) is 5.03. The molecule has 0 aliphatic carbocycles. The van der Waals surface area contributed by atoms with Crippen LogP contribution >= 0.6 is 11.6 Å². The molecule has 1 fully saturated rings. The van der Waals surface area contributed by atoms with Crippen molar-refractivity contribution < 1.29 is 0 Å². The molecule has 0 radical (unpaired) electrons. The molecule has 1 aromatic carbocycles. The minimum Gasteiger partial charge on any atom is -0.316 e. The summed E-state index contributed by atoms with van der Waals surface area (Å²) in [6.45, 7) is 4.55. The SMILES string of the molecule is CCCC1(Cc2ccccc2Cl)CNC1. The van der Waals surface area contributed by atoms with Crippen LogP contribution in [0.3, 0.4) is 0 Å². The Labute approximate surface area is 96.8 Å². The van der Waals surface area contributed by atoms with E-state index in [1.165, 1.54) is 18.4 Å². The van der Waals surface area contributed by atoms with Crippen LogP contribution in [-0.2, 0) is 6.42 Å². The fourth-order valence-electron chi connectivity index (χ4n) is 2.44. The monoisotopic (exact) mass is 223 g/mol.